The first-order chi connectivity index (χ1) is 18.0. The molecule has 7 heteroatoms. The highest BCUT2D eigenvalue weighted by Gasteiger charge is 2.41. The van der Waals surface area contributed by atoms with Gasteiger partial charge >= 0.3 is 0 Å². The van der Waals surface area contributed by atoms with E-state index < -0.39 is 0 Å². The Morgan fingerprint density at radius 1 is 1.03 bits per heavy atom. The Labute approximate surface area is 230 Å². The maximum Gasteiger partial charge on any atom is 0.174 e. The summed E-state index contributed by atoms with van der Waals surface area (Å²) in [7, 11) is 0. The molecule has 4 atom stereocenters. The van der Waals surface area contributed by atoms with Crippen LogP contribution in [0.2, 0.25) is 5.02 Å². The van der Waals surface area contributed by atoms with E-state index in [-0.39, 0.29) is 12.1 Å². The molecule has 0 bridgehead atoms. The van der Waals surface area contributed by atoms with E-state index in [4.69, 9.17) is 28.8 Å². The number of halogens is 1. The Kier molecular flexibility index (Phi) is 6.89. The van der Waals surface area contributed by atoms with E-state index in [1.807, 2.05) is 18.3 Å². The molecule has 1 aromatic carbocycles. The molecular formula is C30H36ClN5S. The minimum atomic E-state index is -0.0460. The van der Waals surface area contributed by atoms with E-state index in [9.17, 15) is 0 Å². The summed E-state index contributed by atoms with van der Waals surface area (Å²) in [6, 6.07) is 15.3. The minimum absolute atomic E-state index is 0.0120. The third-order valence-corrected chi connectivity index (χ3v) is 8.96. The molecule has 37 heavy (non-hydrogen) atoms. The van der Waals surface area contributed by atoms with Crippen LogP contribution in [0.5, 0.6) is 0 Å². The lowest BCUT2D eigenvalue weighted by atomic mass is 9.91. The second-order valence-corrected chi connectivity index (χ2v) is 12.1. The van der Waals surface area contributed by atoms with Crippen molar-refractivity contribution in [2.75, 3.05) is 22.9 Å². The molecule has 2 aromatic heterocycles. The topological polar surface area (TPSA) is 36.3 Å². The lowest BCUT2D eigenvalue weighted by molar-refractivity contribution is 0.357. The van der Waals surface area contributed by atoms with Crippen molar-refractivity contribution in [1.29, 1.82) is 0 Å². The highest BCUT2D eigenvalue weighted by Crippen LogP contribution is 2.44. The first-order valence-electron chi connectivity index (χ1n) is 13.7. The summed E-state index contributed by atoms with van der Waals surface area (Å²) in [5.74, 6) is 1.34. The molecule has 194 valence electrons. The quantitative estimate of drug-likeness (QED) is 0.348. The van der Waals surface area contributed by atoms with E-state index in [1.165, 1.54) is 37.7 Å². The molecule has 0 spiro atoms. The number of benzene rings is 1. The molecule has 5 nitrogen and oxygen atoms in total. The van der Waals surface area contributed by atoms with E-state index in [0.29, 0.717) is 23.0 Å². The number of aromatic nitrogens is 2. The summed E-state index contributed by atoms with van der Waals surface area (Å²) in [5, 5.41) is 5.08. The van der Waals surface area contributed by atoms with Gasteiger partial charge in [-0.3, -0.25) is 4.98 Å². The van der Waals surface area contributed by atoms with Gasteiger partial charge in [-0.15, -0.1) is 0 Å². The number of anilines is 2. The van der Waals surface area contributed by atoms with Crippen LogP contribution in [0.25, 0.3) is 0 Å². The number of rotatable bonds is 5. The first kappa shape index (κ1) is 24.7. The lowest BCUT2D eigenvalue weighted by Crippen LogP contribution is -2.38. The van der Waals surface area contributed by atoms with Gasteiger partial charge < -0.3 is 19.7 Å². The molecule has 6 rings (SSSR count). The predicted molar refractivity (Wildman–Crippen MR) is 156 cm³/mol. The largest absolute Gasteiger partial charge is 0.370 e. The molecule has 1 saturated carbocycles. The summed E-state index contributed by atoms with van der Waals surface area (Å²) >= 11 is 12.9. The second kappa shape index (κ2) is 10.3. The standard InChI is InChI=1S/C30H36ClN5S/c1-20-15-21(2)18-35(17-20)27-11-10-24(16-25(27)31)36-29(22-12-14-34(19-22)23-7-3-4-8-23)28(33-30(36)37)26-9-5-6-13-32-26/h5-6,9-14,16,19-21,23,28-29H,3-4,7-8,15,17-18H2,1-2H3,(H,33,37)/t20-,21-,28-,29-/m0/s1. The van der Waals surface area contributed by atoms with Crippen molar-refractivity contribution in [3.05, 3.63) is 77.3 Å². The number of nitrogens with zero attached hydrogens (tertiary/aromatic N) is 4. The number of nitrogens with one attached hydrogen (secondary N) is 1. The molecule has 3 fully saturated rings. The smallest absolute Gasteiger partial charge is 0.174 e. The van der Waals surface area contributed by atoms with Gasteiger partial charge in [0.2, 0.25) is 0 Å². The molecule has 1 N–H and O–H groups in total. The van der Waals surface area contributed by atoms with Gasteiger partial charge in [-0.2, -0.15) is 0 Å². The molecule has 2 saturated heterocycles. The number of thiocarbonyl (C=S) groups is 1. The van der Waals surface area contributed by atoms with Gasteiger partial charge in [0.15, 0.2) is 5.11 Å². The Balaban J connectivity index is 1.36. The van der Waals surface area contributed by atoms with Crippen LogP contribution in [0, 0.1) is 11.8 Å². The van der Waals surface area contributed by atoms with Gasteiger partial charge in [0.1, 0.15) is 0 Å². The van der Waals surface area contributed by atoms with Gasteiger partial charge in [0.05, 0.1) is 28.5 Å². The molecule has 0 radical (unpaired) electrons. The van der Waals surface area contributed by atoms with Gasteiger partial charge in [0.25, 0.3) is 0 Å². The Bertz CT molecular complexity index is 1240. The maximum absolute atomic E-state index is 6.97. The van der Waals surface area contributed by atoms with Crippen molar-refractivity contribution >= 4 is 40.3 Å². The van der Waals surface area contributed by atoms with E-state index in [2.05, 4.69) is 76.3 Å². The Morgan fingerprint density at radius 2 is 1.81 bits per heavy atom. The van der Waals surface area contributed by atoms with Crippen molar-refractivity contribution in [3.8, 4) is 0 Å². The molecule has 3 aliphatic rings. The number of piperidine rings is 1. The van der Waals surface area contributed by atoms with Crippen LogP contribution >= 0.6 is 23.8 Å². The van der Waals surface area contributed by atoms with E-state index >= 15 is 0 Å². The fourth-order valence-corrected chi connectivity index (χ4v) is 7.41. The molecular weight excluding hydrogens is 498 g/mol. The monoisotopic (exact) mass is 533 g/mol. The third-order valence-electron chi connectivity index (χ3n) is 8.34. The Morgan fingerprint density at radius 3 is 2.51 bits per heavy atom. The zero-order valence-electron chi connectivity index (χ0n) is 21.7. The molecule has 2 aliphatic heterocycles. The minimum Gasteiger partial charge on any atom is -0.370 e. The summed E-state index contributed by atoms with van der Waals surface area (Å²) in [5.41, 5.74) is 4.37. The first-order valence-corrected chi connectivity index (χ1v) is 14.5. The molecule has 4 heterocycles. The fraction of sp³-hybridized carbons (Fsp3) is 0.467. The number of pyridine rings is 1. The zero-order valence-corrected chi connectivity index (χ0v) is 23.3. The van der Waals surface area contributed by atoms with Crippen LogP contribution < -0.4 is 15.1 Å². The van der Waals surface area contributed by atoms with Crippen LogP contribution in [-0.2, 0) is 0 Å². The summed E-state index contributed by atoms with van der Waals surface area (Å²) in [6.07, 6.45) is 12.8. The molecule has 0 amide bonds. The predicted octanol–water partition coefficient (Wildman–Crippen LogP) is 7.31. The number of hydrogen-bond donors (Lipinski definition) is 1. The van der Waals surface area contributed by atoms with Gasteiger partial charge in [-0.1, -0.05) is 44.4 Å². The average Bonchev–Trinajstić information content (AvgIpc) is 3.63. The van der Waals surface area contributed by atoms with E-state index in [0.717, 1.165) is 35.2 Å². The van der Waals surface area contributed by atoms with Gasteiger partial charge in [-0.05, 0) is 85.3 Å². The van der Waals surface area contributed by atoms with Crippen LogP contribution in [-0.4, -0.2) is 27.8 Å². The highest BCUT2D eigenvalue weighted by atomic mass is 35.5. The third kappa shape index (κ3) is 4.86. The van der Waals surface area contributed by atoms with Crippen molar-refractivity contribution in [2.24, 2.45) is 11.8 Å². The van der Waals surface area contributed by atoms with Gasteiger partial charge in [0, 0.05) is 43.4 Å². The Hall–Kier alpha value is -2.57. The van der Waals surface area contributed by atoms with Crippen LogP contribution in [0.3, 0.4) is 0 Å². The average molecular weight is 534 g/mol. The van der Waals surface area contributed by atoms with Crippen LogP contribution in [0.15, 0.2) is 61.1 Å². The maximum atomic E-state index is 6.97. The zero-order chi connectivity index (χ0) is 25.5. The lowest BCUT2D eigenvalue weighted by Gasteiger charge is -2.37. The molecule has 0 unspecified atom stereocenters. The fourth-order valence-electron chi connectivity index (χ4n) is 6.77. The normalized spacial score (nSPS) is 26.6. The van der Waals surface area contributed by atoms with Crippen LogP contribution in [0.1, 0.15) is 75.3 Å². The van der Waals surface area contributed by atoms with Crippen LogP contribution in [0.4, 0.5) is 11.4 Å². The van der Waals surface area contributed by atoms with Crippen molar-refractivity contribution in [3.63, 3.8) is 0 Å². The van der Waals surface area contributed by atoms with E-state index in [1.54, 1.807) is 0 Å². The van der Waals surface area contributed by atoms with Gasteiger partial charge in [-0.25, -0.2) is 0 Å². The van der Waals surface area contributed by atoms with Crippen molar-refractivity contribution < 1.29 is 0 Å². The highest BCUT2D eigenvalue weighted by molar-refractivity contribution is 7.80. The summed E-state index contributed by atoms with van der Waals surface area (Å²) in [6.45, 7) is 6.76. The van der Waals surface area contributed by atoms with Crippen molar-refractivity contribution in [2.45, 2.75) is 64.1 Å². The SMILES string of the molecule is C[C@H]1C[C@H](C)CN(c2ccc(N3C(=S)N[C@@H](c4ccccn4)[C@@H]3c3ccn(C4CCCC4)c3)cc2Cl)C1. The van der Waals surface area contributed by atoms with Crippen molar-refractivity contribution in [1.82, 2.24) is 14.9 Å². The molecule has 3 aromatic rings. The number of hydrogen-bond acceptors (Lipinski definition) is 3. The molecule has 1 aliphatic carbocycles. The summed E-state index contributed by atoms with van der Waals surface area (Å²) in [4.78, 5) is 9.38. The second-order valence-electron chi connectivity index (χ2n) is 11.3. The summed E-state index contributed by atoms with van der Waals surface area (Å²) < 4.78 is 2.41.